The molecule has 0 aliphatic rings. The summed E-state index contributed by atoms with van der Waals surface area (Å²) >= 11 is 0. The molecular formula is C16H17FN2O2. The van der Waals surface area contributed by atoms with Gasteiger partial charge in [0, 0.05) is 18.2 Å². The zero-order valence-corrected chi connectivity index (χ0v) is 11.9. The Morgan fingerprint density at radius 2 is 1.95 bits per heavy atom. The Balaban J connectivity index is 2.22. The molecule has 5 heteroatoms. The Morgan fingerprint density at radius 1 is 1.24 bits per heavy atom. The number of carbonyl (C=O) groups is 1. The van der Waals surface area contributed by atoms with Gasteiger partial charge in [0.05, 0.1) is 11.7 Å². The quantitative estimate of drug-likeness (QED) is 0.804. The minimum Gasteiger partial charge on any atom is -0.508 e. The van der Waals surface area contributed by atoms with E-state index in [1.54, 1.807) is 24.3 Å². The van der Waals surface area contributed by atoms with E-state index in [-0.39, 0.29) is 23.4 Å². The van der Waals surface area contributed by atoms with Gasteiger partial charge in [-0.05, 0) is 31.2 Å². The summed E-state index contributed by atoms with van der Waals surface area (Å²) in [5.74, 6) is -0.497. The van der Waals surface area contributed by atoms with E-state index >= 15 is 0 Å². The molecule has 0 aliphatic heterocycles. The fraction of sp³-hybridized carbons (Fsp3) is 0.188. The highest BCUT2D eigenvalue weighted by molar-refractivity contribution is 5.89. The van der Waals surface area contributed by atoms with E-state index in [9.17, 15) is 14.3 Å². The summed E-state index contributed by atoms with van der Waals surface area (Å²) in [6.07, 6.45) is 0. The normalized spacial score (nSPS) is 11.8. The number of anilines is 2. The minimum absolute atomic E-state index is 0.149. The summed E-state index contributed by atoms with van der Waals surface area (Å²) in [6.45, 7) is 3.21. The van der Waals surface area contributed by atoms with Crippen LogP contribution in [-0.2, 0) is 4.79 Å². The number of para-hydroxylation sites is 1. The number of rotatable bonds is 4. The Kier molecular flexibility index (Phi) is 4.42. The highest BCUT2D eigenvalue weighted by atomic mass is 19.1. The van der Waals surface area contributed by atoms with E-state index < -0.39 is 5.82 Å². The smallest absolute Gasteiger partial charge is 0.221 e. The van der Waals surface area contributed by atoms with Crippen LogP contribution < -0.4 is 10.6 Å². The molecule has 1 atom stereocenters. The molecule has 0 aliphatic carbocycles. The number of benzene rings is 2. The first-order chi connectivity index (χ1) is 9.97. The van der Waals surface area contributed by atoms with Gasteiger partial charge in [0.15, 0.2) is 0 Å². The van der Waals surface area contributed by atoms with Crippen molar-refractivity contribution in [3.05, 3.63) is 53.8 Å². The topological polar surface area (TPSA) is 61.4 Å². The molecule has 0 heterocycles. The van der Waals surface area contributed by atoms with Crippen LogP contribution >= 0.6 is 0 Å². The van der Waals surface area contributed by atoms with Crippen molar-refractivity contribution in [2.75, 3.05) is 10.6 Å². The van der Waals surface area contributed by atoms with E-state index in [0.717, 1.165) is 0 Å². The summed E-state index contributed by atoms with van der Waals surface area (Å²) in [4.78, 5) is 11.0. The predicted octanol–water partition coefficient (Wildman–Crippen LogP) is 3.66. The summed E-state index contributed by atoms with van der Waals surface area (Å²) in [5, 5.41) is 15.4. The van der Waals surface area contributed by atoms with Crippen LogP contribution in [0.5, 0.6) is 5.75 Å². The molecule has 2 aromatic rings. The van der Waals surface area contributed by atoms with Crippen molar-refractivity contribution in [2.45, 2.75) is 19.9 Å². The summed E-state index contributed by atoms with van der Waals surface area (Å²) in [7, 11) is 0. The van der Waals surface area contributed by atoms with E-state index in [2.05, 4.69) is 10.6 Å². The van der Waals surface area contributed by atoms with E-state index in [4.69, 9.17) is 0 Å². The summed E-state index contributed by atoms with van der Waals surface area (Å²) in [5.41, 5.74) is 1.44. The van der Waals surface area contributed by atoms with Gasteiger partial charge in [-0.15, -0.1) is 0 Å². The van der Waals surface area contributed by atoms with Gasteiger partial charge < -0.3 is 15.7 Å². The second kappa shape index (κ2) is 6.26. The van der Waals surface area contributed by atoms with Crippen molar-refractivity contribution in [1.29, 1.82) is 0 Å². The molecule has 2 rings (SSSR count). The van der Waals surface area contributed by atoms with Crippen molar-refractivity contribution < 1.29 is 14.3 Å². The fourth-order valence-electron chi connectivity index (χ4n) is 2.08. The molecule has 1 amide bonds. The van der Waals surface area contributed by atoms with Gasteiger partial charge in [0.2, 0.25) is 5.91 Å². The van der Waals surface area contributed by atoms with Crippen molar-refractivity contribution in [3.8, 4) is 5.75 Å². The van der Waals surface area contributed by atoms with Gasteiger partial charge in [-0.25, -0.2) is 4.39 Å². The molecule has 0 aromatic heterocycles. The lowest BCUT2D eigenvalue weighted by Gasteiger charge is -2.18. The maximum atomic E-state index is 13.8. The maximum absolute atomic E-state index is 13.8. The maximum Gasteiger partial charge on any atom is 0.221 e. The van der Waals surface area contributed by atoms with Crippen LogP contribution in [0.3, 0.4) is 0 Å². The molecule has 4 nitrogen and oxygen atoms in total. The molecule has 1 unspecified atom stereocenters. The fourth-order valence-corrected chi connectivity index (χ4v) is 2.08. The molecule has 0 bridgehead atoms. The third-order valence-corrected chi connectivity index (χ3v) is 3.06. The van der Waals surface area contributed by atoms with Crippen LogP contribution in [0, 0.1) is 5.82 Å². The molecule has 0 saturated heterocycles. The number of hydrogen-bond donors (Lipinski definition) is 3. The molecule has 0 saturated carbocycles. The van der Waals surface area contributed by atoms with Gasteiger partial charge in [0.1, 0.15) is 11.6 Å². The monoisotopic (exact) mass is 288 g/mol. The number of phenolic OH excluding ortho intramolecular Hbond substituents is 1. The first-order valence-electron chi connectivity index (χ1n) is 6.59. The standard InChI is InChI=1S/C16H17FN2O2/c1-10(13-5-3-4-6-16(13)21)18-15-9-12(19-11(2)20)7-8-14(15)17/h3-10,18,21H,1-2H3,(H,19,20). The van der Waals surface area contributed by atoms with Gasteiger partial charge in [0.25, 0.3) is 0 Å². The molecule has 110 valence electrons. The first-order valence-corrected chi connectivity index (χ1v) is 6.59. The van der Waals surface area contributed by atoms with Crippen LogP contribution in [0.2, 0.25) is 0 Å². The number of amides is 1. The van der Waals surface area contributed by atoms with Crippen molar-refractivity contribution >= 4 is 17.3 Å². The van der Waals surface area contributed by atoms with Gasteiger partial charge >= 0.3 is 0 Å². The molecule has 3 N–H and O–H groups in total. The molecule has 2 aromatic carbocycles. The summed E-state index contributed by atoms with van der Waals surface area (Å²) in [6, 6.07) is 10.9. The highest BCUT2D eigenvalue weighted by Crippen LogP contribution is 2.28. The average molecular weight is 288 g/mol. The van der Waals surface area contributed by atoms with Crippen LogP contribution in [0.15, 0.2) is 42.5 Å². The Morgan fingerprint density at radius 3 is 2.62 bits per heavy atom. The van der Waals surface area contributed by atoms with Gasteiger partial charge in [-0.2, -0.15) is 0 Å². The Bertz CT molecular complexity index is 658. The lowest BCUT2D eigenvalue weighted by Crippen LogP contribution is -2.10. The molecule has 21 heavy (non-hydrogen) atoms. The van der Waals surface area contributed by atoms with Crippen LogP contribution in [0.4, 0.5) is 15.8 Å². The van der Waals surface area contributed by atoms with E-state index in [0.29, 0.717) is 11.3 Å². The average Bonchev–Trinajstić information content (AvgIpc) is 2.42. The van der Waals surface area contributed by atoms with Crippen LogP contribution in [0.1, 0.15) is 25.5 Å². The second-order valence-electron chi connectivity index (χ2n) is 4.80. The summed E-state index contributed by atoms with van der Waals surface area (Å²) < 4.78 is 13.8. The van der Waals surface area contributed by atoms with Crippen LogP contribution in [-0.4, -0.2) is 11.0 Å². The van der Waals surface area contributed by atoms with Crippen molar-refractivity contribution in [1.82, 2.24) is 0 Å². The Hall–Kier alpha value is -2.56. The van der Waals surface area contributed by atoms with Crippen molar-refractivity contribution in [2.24, 2.45) is 0 Å². The molecular weight excluding hydrogens is 271 g/mol. The Labute approximate surface area is 122 Å². The third kappa shape index (κ3) is 3.72. The number of aromatic hydroxyl groups is 1. The van der Waals surface area contributed by atoms with E-state index in [1.807, 2.05) is 6.92 Å². The van der Waals surface area contributed by atoms with Gasteiger partial charge in [-0.1, -0.05) is 18.2 Å². The zero-order chi connectivity index (χ0) is 15.4. The highest BCUT2D eigenvalue weighted by Gasteiger charge is 2.12. The predicted molar refractivity (Wildman–Crippen MR) is 80.8 cm³/mol. The number of carbonyl (C=O) groups excluding carboxylic acids is 1. The number of halogens is 1. The second-order valence-corrected chi connectivity index (χ2v) is 4.80. The van der Waals surface area contributed by atoms with Crippen molar-refractivity contribution in [3.63, 3.8) is 0 Å². The largest absolute Gasteiger partial charge is 0.508 e. The van der Waals surface area contributed by atoms with E-state index in [1.165, 1.54) is 25.1 Å². The molecule has 0 spiro atoms. The number of phenols is 1. The molecule has 0 fully saturated rings. The number of nitrogens with one attached hydrogen (secondary N) is 2. The first kappa shape index (κ1) is 14.8. The van der Waals surface area contributed by atoms with Crippen LogP contribution in [0.25, 0.3) is 0 Å². The van der Waals surface area contributed by atoms with Gasteiger partial charge in [-0.3, -0.25) is 4.79 Å². The zero-order valence-electron chi connectivity index (χ0n) is 11.9. The lowest BCUT2D eigenvalue weighted by atomic mass is 10.1. The lowest BCUT2D eigenvalue weighted by molar-refractivity contribution is -0.114. The minimum atomic E-state index is -0.425. The molecule has 0 radical (unpaired) electrons. The SMILES string of the molecule is CC(=O)Nc1ccc(F)c(NC(C)c2ccccc2O)c1. The number of hydrogen-bond acceptors (Lipinski definition) is 3. The third-order valence-electron chi connectivity index (χ3n) is 3.06.